The van der Waals surface area contributed by atoms with Gasteiger partial charge in [0, 0.05) is 26.6 Å². The zero-order valence-electron chi connectivity index (χ0n) is 13.1. The standard InChI is InChI=1S/C14H23N5O2/c1-5-9(2)19-12-11(13(20)18(4)14(19)21)17(3)10(16-12)7-6-8-15/h9H,5-8,15H2,1-4H3. The maximum Gasteiger partial charge on any atom is 0.332 e. The van der Waals surface area contributed by atoms with E-state index in [1.807, 2.05) is 20.9 Å². The SMILES string of the molecule is CCC(C)n1c(=O)n(C)c(=O)c2c1nc(CCCN)n2C. The van der Waals surface area contributed by atoms with Crippen LogP contribution in [0.1, 0.15) is 38.6 Å². The van der Waals surface area contributed by atoms with Gasteiger partial charge in [-0.1, -0.05) is 6.92 Å². The molecule has 0 aliphatic rings. The third-order valence-electron chi connectivity index (χ3n) is 4.03. The normalized spacial score (nSPS) is 13.0. The van der Waals surface area contributed by atoms with Crippen LogP contribution in [-0.4, -0.2) is 25.2 Å². The molecule has 2 aromatic rings. The molecular weight excluding hydrogens is 270 g/mol. The Kier molecular flexibility index (Phi) is 4.32. The van der Waals surface area contributed by atoms with Crippen LogP contribution < -0.4 is 17.0 Å². The Bertz CT molecular complexity index is 768. The van der Waals surface area contributed by atoms with E-state index in [1.54, 1.807) is 9.13 Å². The van der Waals surface area contributed by atoms with Gasteiger partial charge in [-0.25, -0.2) is 9.78 Å². The second-order valence-corrected chi connectivity index (χ2v) is 5.43. The molecule has 21 heavy (non-hydrogen) atoms. The molecule has 2 N–H and O–H groups in total. The highest BCUT2D eigenvalue weighted by molar-refractivity contribution is 5.71. The summed E-state index contributed by atoms with van der Waals surface area (Å²) in [7, 11) is 3.32. The van der Waals surface area contributed by atoms with Gasteiger partial charge in [-0.05, 0) is 26.3 Å². The average molecular weight is 293 g/mol. The summed E-state index contributed by atoms with van der Waals surface area (Å²) in [6.07, 6.45) is 2.28. The van der Waals surface area contributed by atoms with Crippen molar-refractivity contribution in [2.45, 2.75) is 39.2 Å². The average Bonchev–Trinajstić information content (AvgIpc) is 2.79. The molecule has 1 atom stereocenters. The fourth-order valence-electron chi connectivity index (χ4n) is 2.50. The Hall–Kier alpha value is -1.89. The first-order valence-electron chi connectivity index (χ1n) is 7.30. The van der Waals surface area contributed by atoms with Gasteiger partial charge in [0.05, 0.1) is 0 Å². The summed E-state index contributed by atoms with van der Waals surface area (Å²) in [6, 6.07) is -0.0101. The van der Waals surface area contributed by atoms with Crippen molar-refractivity contribution in [1.82, 2.24) is 18.7 Å². The fraction of sp³-hybridized carbons (Fsp3) is 0.643. The van der Waals surface area contributed by atoms with Crippen molar-refractivity contribution in [2.24, 2.45) is 19.8 Å². The maximum atomic E-state index is 12.4. The highest BCUT2D eigenvalue weighted by Gasteiger charge is 2.20. The second kappa shape index (κ2) is 5.85. The van der Waals surface area contributed by atoms with Gasteiger partial charge in [-0.3, -0.25) is 13.9 Å². The molecule has 7 heteroatoms. The molecule has 0 spiro atoms. The van der Waals surface area contributed by atoms with Crippen molar-refractivity contribution in [3.8, 4) is 0 Å². The van der Waals surface area contributed by atoms with Crippen LogP contribution in [0.5, 0.6) is 0 Å². The van der Waals surface area contributed by atoms with E-state index < -0.39 is 0 Å². The third kappa shape index (κ3) is 2.42. The molecule has 116 valence electrons. The van der Waals surface area contributed by atoms with Gasteiger partial charge in [0.25, 0.3) is 5.56 Å². The van der Waals surface area contributed by atoms with E-state index in [0.29, 0.717) is 24.1 Å². The topological polar surface area (TPSA) is 87.8 Å². The molecule has 0 saturated carbocycles. The number of hydrogen-bond acceptors (Lipinski definition) is 4. The lowest BCUT2D eigenvalue weighted by molar-refractivity contribution is 0.499. The summed E-state index contributed by atoms with van der Waals surface area (Å²) in [5.41, 5.74) is 5.88. The van der Waals surface area contributed by atoms with Crippen LogP contribution in [0.3, 0.4) is 0 Å². The summed E-state index contributed by atoms with van der Waals surface area (Å²) >= 11 is 0. The van der Waals surface area contributed by atoms with Gasteiger partial charge < -0.3 is 10.3 Å². The molecule has 0 radical (unpaired) electrons. The van der Waals surface area contributed by atoms with Crippen LogP contribution in [0.2, 0.25) is 0 Å². The smallest absolute Gasteiger partial charge is 0.330 e. The number of fused-ring (bicyclic) bond motifs is 1. The molecule has 0 bridgehead atoms. The molecule has 7 nitrogen and oxygen atoms in total. The van der Waals surface area contributed by atoms with E-state index in [9.17, 15) is 9.59 Å². The molecular formula is C14H23N5O2. The minimum Gasteiger partial charge on any atom is -0.330 e. The lowest BCUT2D eigenvalue weighted by atomic mass is 10.2. The fourth-order valence-corrected chi connectivity index (χ4v) is 2.50. The number of nitrogens with zero attached hydrogens (tertiary/aromatic N) is 4. The van der Waals surface area contributed by atoms with Crippen molar-refractivity contribution in [2.75, 3.05) is 6.54 Å². The minimum absolute atomic E-state index is 0.0101. The number of aromatic nitrogens is 4. The van der Waals surface area contributed by atoms with Crippen molar-refractivity contribution in [3.05, 3.63) is 26.7 Å². The first-order chi connectivity index (χ1) is 9.93. The first kappa shape index (κ1) is 15.5. The largest absolute Gasteiger partial charge is 0.332 e. The molecule has 2 rings (SSSR count). The maximum absolute atomic E-state index is 12.4. The Morgan fingerprint density at radius 2 is 1.90 bits per heavy atom. The summed E-state index contributed by atoms with van der Waals surface area (Å²) in [5.74, 6) is 0.787. The quantitative estimate of drug-likeness (QED) is 0.858. The first-order valence-corrected chi connectivity index (χ1v) is 7.30. The van der Waals surface area contributed by atoms with Gasteiger partial charge in [0.1, 0.15) is 5.82 Å². The van der Waals surface area contributed by atoms with Gasteiger partial charge >= 0.3 is 5.69 Å². The number of hydrogen-bond donors (Lipinski definition) is 1. The van der Waals surface area contributed by atoms with Crippen LogP contribution in [0.15, 0.2) is 9.59 Å². The number of rotatable bonds is 5. The molecule has 2 aromatic heterocycles. The molecule has 0 aliphatic carbocycles. The van der Waals surface area contributed by atoms with Gasteiger partial charge in [-0.15, -0.1) is 0 Å². The predicted octanol–water partition coefficient (Wildman–Crippen LogP) is 0.296. The monoisotopic (exact) mass is 293 g/mol. The van der Waals surface area contributed by atoms with E-state index in [0.717, 1.165) is 23.2 Å². The highest BCUT2D eigenvalue weighted by atomic mass is 16.2. The van der Waals surface area contributed by atoms with E-state index in [4.69, 9.17) is 5.73 Å². The van der Waals surface area contributed by atoms with E-state index in [-0.39, 0.29) is 17.3 Å². The Labute approximate surface area is 123 Å². The Balaban J connectivity index is 2.84. The van der Waals surface area contributed by atoms with Gasteiger partial charge in [0.2, 0.25) is 0 Å². The van der Waals surface area contributed by atoms with Crippen LogP contribution in [0.4, 0.5) is 0 Å². The number of aryl methyl sites for hydroxylation is 2. The van der Waals surface area contributed by atoms with Crippen LogP contribution in [-0.2, 0) is 20.5 Å². The Morgan fingerprint density at radius 3 is 2.48 bits per heavy atom. The molecule has 0 aliphatic heterocycles. The van der Waals surface area contributed by atoms with Crippen molar-refractivity contribution >= 4 is 11.2 Å². The number of nitrogens with two attached hydrogens (primary N) is 1. The van der Waals surface area contributed by atoms with E-state index >= 15 is 0 Å². The predicted molar refractivity (Wildman–Crippen MR) is 82.6 cm³/mol. The van der Waals surface area contributed by atoms with Crippen molar-refractivity contribution in [3.63, 3.8) is 0 Å². The lowest BCUT2D eigenvalue weighted by Crippen LogP contribution is -2.39. The summed E-state index contributed by atoms with van der Waals surface area (Å²) < 4.78 is 4.55. The van der Waals surface area contributed by atoms with E-state index in [1.165, 1.54) is 7.05 Å². The van der Waals surface area contributed by atoms with Crippen LogP contribution in [0.25, 0.3) is 11.2 Å². The van der Waals surface area contributed by atoms with E-state index in [2.05, 4.69) is 4.98 Å². The van der Waals surface area contributed by atoms with Gasteiger partial charge in [-0.2, -0.15) is 0 Å². The Morgan fingerprint density at radius 1 is 1.24 bits per heavy atom. The summed E-state index contributed by atoms with van der Waals surface area (Å²) in [4.78, 5) is 29.3. The molecule has 0 aromatic carbocycles. The lowest BCUT2D eigenvalue weighted by Gasteiger charge is -2.14. The summed E-state index contributed by atoms with van der Waals surface area (Å²) in [5, 5.41) is 0. The van der Waals surface area contributed by atoms with Crippen molar-refractivity contribution < 1.29 is 0 Å². The van der Waals surface area contributed by atoms with Crippen molar-refractivity contribution in [1.29, 1.82) is 0 Å². The molecule has 1 unspecified atom stereocenters. The zero-order valence-corrected chi connectivity index (χ0v) is 13.1. The molecule has 0 amide bonds. The second-order valence-electron chi connectivity index (χ2n) is 5.43. The zero-order chi connectivity index (χ0) is 15.7. The molecule has 0 saturated heterocycles. The van der Waals surface area contributed by atoms with Gasteiger partial charge in [0.15, 0.2) is 11.2 Å². The van der Waals surface area contributed by atoms with Crippen LogP contribution in [0, 0.1) is 0 Å². The number of imidazole rings is 1. The summed E-state index contributed by atoms with van der Waals surface area (Å²) in [6.45, 7) is 4.53. The third-order valence-corrected chi connectivity index (χ3v) is 4.03. The molecule has 2 heterocycles. The molecule has 0 fully saturated rings. The van der Waals surface area contributed by atoms with Crippen LogP contribution >= 0.6 is 0 Å². The minimum atomic E-state index is -0.315. The highest BCUT2D eigenvalue weighted by Crippen LogP contribution is 2.16.